The lowest BCUT2D eigenvalue weighted by Crippen LogP contribution is -2.18. The van der Waals surface area contributed by atoms with E-state index in [1.807, 2.05) is 0 Å². The van der Waals surface area contributed by atoms with Gasteiger partial charge in [-0.25, -0.2) is 0 Å². The fraction of sp³-hybridized carbons (Fsp3) is 0.125. The largest absolute Gasteiger partial charge is 0.496 e. The number of Topliss-reactive ketones (excluding diaryl/α,β-unsaturated/α-hetero) is 2. The van der Waals surface area contributed by atoms with E-state index in [1.165, 1.54) is 7.11 Å². The number of methoxy groups -OCH3 is 1. The van der Waals surface area contributed by atoms with E-state index in [2.05, 4.69) is 0 Å². The molecular formula is C16H15NO3. The topological polar surface area (TPSA) is 69.4 Å². The highest BCUT2D eigenvalue weighted by molar-refractivity contribution is 6.50. The molecule has 0 saturated carbocycles. The lowest BCUT2D eigenvalue weighted by molar-refractivity contribution is 0.0814. The molecule has 2 rings (SSSR count). The van der Waals surface area contributed by atoms with Crippen LogP contribution in [0.1, 0.15) is 26.3 Å². The molecule has 0 amide bonds. The number of ether oxygens (including phenoxy) is 1. The van der Waals surface area contributed by atoms with Gasteiger partial charge in [-0.2, -0.15) is 0 Å². The molecule has 20 heavy (non-hydrogen) atoms. The molecule has 0 spiro atoms. The van der Waals surface area contributed by atoms with Crippen LogP contribution in [0.3, 0.4) is 0 Å². The Morgan fingerprint density at radius 1 is 0.950 bits per heavy atom. The molecule has 2 aromatic carbocycles. The van der Waals surface area contributed by atoms with E-state index in [-0.39, 0.29) is 12.1 Å². The lowest BCUT2D eigenvalue weighted by atomic mass is 9.97. The molecule has 0 saturated heterocycles. The molecule has 0 aliphatic carbocycles. The fourth-order valence-corrected chi connectivity index (χ4v) is 2.00. The van der Waals surface area contributed by atoms with E-state index in [0.29, 0.717) is 16.9 Å². The van der Waals surface area contributed by atoms with Gasteiger partial charge < -0.3 is 10.5 Å². The number of carbonyl (C=O) groups excluding carboxylic acids is 2. The third kappa shape index (κ3) is 2.60. The summed E-state index contributed by atoms with van der Waals surface area (Å²) in [6.07, 6.45) is 0. The molecule has 0 atom stereocenters. The van der Waals surface area contributed by atoms with Gasteiger partial charge in [-0.05, 0) is 17.7 Å². The van der Waals surface area contributed by atoms with E-state index in [9.17, 15) is 9.59 Å². The summed E-state index contributed by atoms with van der Waals surface area (Å²) < 4.78 is 5.11. The van der Waals surface area contributed by atoms with Crippen LogP contribution in [0, 0.1) is 0 Å². The second kappa shape index (κ2) is 6.12. The van der Waals surface area contributed by atoms with Crippen LogP contribution < -0.4 is 10.5 Å². The molecule has 2 aromatic rings. The molecule has 0 aromatic heterocycles. The van der Waals surface area contributed by atoms with Crippen LogP contribution in [0.4, 0.5) is 0 Å². The highest BCUT2D eigenvalue weighted by atomic mass is 16.5. The summed E-state index contributed by atoms with van der Waals surface area (Å²) in [6.45, 7) is 0.209. The number of ketones is 2. The minimum atomic E-state index is -0.594. The molecule has 4 nitrogen and oxygen atoms in total. The molecule has 0 radical (unpaired) electrons. The Balaban J connectivity index is 2.41. The van der Waals surface area contributed by atoms with Crippen LogP contribution in [0.25, 0.3) is 0 Å². The number of nitrogens with two attached hydrogens (primary N) is 1. The van der Waals surface area contributed by atoms with Gasteiger partial charge in [0.25, 0.3) is 0 Å². The minimum Gasteiger partial charge on any atom is -0.496 e. The van der Waals surface area contributed by atoms with Gasteiger partial charge in [-0.3, -0.25) is 9.59 Å². The van der Waals surface area contributed by atoms with Crippen molar-refractivity contribution in [2.24, 2.45) is 5.73 Å². The zero-order valence-corrected chi connectivity index (χ0v) is 11.1. The van der Waals surface area contributed by atoms with Crippen molar-refractivity contribution in [2.45, 2.75) is 6.54 Å². The Labute approximate surface area is 117 Å². The number of para-hydroxylation sites is 1. The first-order valence-electron chi connectivity index (χ1n) is 6.19. The molecule has 4 heteroatoms. The smallest absolute Gasteiger partial charge is 0.237 e. The van der Waals surface area contributed by atoms with Crippen molar-refractivity contribution in [1.29, 1.82) is 0 Å². The Morgan fingerprint density at radius 3 is 2.15 bits per heavy atom. The summed E-state index contributed by atoms with van der Waals surface area (Å²) in [5.41, 5.74) is 6.84. The van der Waals surface area contributed by atoms with Gasteiger partial charge in [0, 0.05) is 12.1 Å². The molecule has 102 valence electrons. The van der Waals surface area contributed by atoms with Gasteiger partial charge in [0.2, 0.25) is 11.6 Å². The fourth-order valence-electron chi connectivity index (χ4n) is 2.00. The SMILES string of the molecule is COc1ccccc1C(=O)C(=O)c1ccccc1CN. The second-order valence-corrected chi connectivity index (χ2v) is 4.22. The maximum absolute atomic E-state index is 12.3. The van der Waals surface area contributed by atoms with Gasteiger partial charge in [-0.1, -0.05) is 36.4 Å². The highest BCUT2D eigenvalue weighted by Crippen LogP contribution is 2.20. The van der Waals surface area contributed by atoms with Crippen LogP contribution in [-0.4, -0.2) is 18.7 Å². The van der Waals surface area contributed by atoms with Gasteiger partial charge in [0.1, 0.15) is 5.75 Å². The van der Waals surface area contributed by atoms with Crippen molar-refractivity contribution in [3.8, 4) is 5.75 Å². The van der Waals surface area contributed by atoms with Crippen molar-refractivity contribution < 1.29 is 14.3 Å². The Kier molecular flexibility index (Phi) is 4.27. The normalized spacial score (nSPS) is 10.1. The predicted octanol–water partition coefficient (Wildman–Crippen LogP) is 2.22. The second-order valence-electron chi connectivity index (χ2n) is 4.22. The van der Waals surface area contributed by atoms with Crippen LogP contribution in [0.2, 0.25) is 0 Å². The van der Waals surface area contributed by atoms with E-state index in [0.717, 1.165) is 0 Å². The summed E-state index contributed by atoms with van der Waals surface area (Å²) in [5.74, 6) is -0.782. The van der Waals surface area contributed by atoms with E-state index in [4.69, 9.17) is 10.5 Å². The number of hydrogen-bond donors (Lipinski definition) is 1. The maximum atomic E-state index is 12.3. The first-order chi connectivity index (χ1) is 9.69. The average molecular weight is 269 g/mol. The monoisotopic (exact) mass is 269 g/mol. The first-order valence-corrected chi connectivity index (χ1v) is 6.19. The molecule has 2 N–H and O–H groups in total. The Hall–Kier alpha value is -2.46. The molecule has 0 bridgehead atoms. The summed E-state index contributed by atoms with van der Waals surface area (Å²) in [4.78, 5) is 24.7. The summed E-state index contributed by atoms with van der Waals surface area (Å²) >= 11 is 0. The third-order valence-electron chi connectivity index (χ3n) is 3.04. The highest BCUT2D eigenvalue weighted by Gasteiger charge is 2.22. The van der Waals surface area contributed by atoms with Crippen LogP contribution in [-0.2, 0) is 6.54 Å². The molecule has 0 aliphatic rings. The van der Waals surface area contributed by atoms with Gasteiger partial charge in [0.15, 0.2) is 0 Å². The quantitative estimate of drug-likeness (QED) is 0.667. The number of carbonyl (C=O) groups is 2. The molecule has 0 aliphatic heterocycles. The Morgan fingerprint density at radius 2 is 1.50 bits per heavy atom. The third-order valence-corrected chi connectivity index (χ3v) is 3.04. The zero-order chi connectivity index (χ0) is 14.5. The molecule has 0 heterocycles. The summed E-state index contributed by atoms with van der Waals surface area (Å²) in [5, 5.41) is 0. The van der Waals surface area contributed by atoms with Crippen molar-refractivity contribution in [3.05, 3.63) is 65.2 Å². The van der Waals surface area contributed by atoms with E-state index >= 15 is 0 Å². The van der Waals surface area contributed by atoms with Crippen LogP contribution in [0.15, 0.2) is 48.5 Å². The standard InChI is InChI=1S/C16H15NO3/c1-20-14-9-5-4-8-13(14)16(19)15(18)12-7-3-2-6-11(12)10-17/h2-9H,10,17H2,1H3. The molecule has 0 unspecified atom stereocenters. The Bertz CT molecular complexity index is 592. The van der Waals surface area contributed by atoms with Crippen molar-refractivity contribution in [3.63, 3.8) is 0 Å². The number of hydrogen-bond acceptors (Lipinski definition) is 4. The minimum absolute atomic E-state index is 0.209. The zero-order valence-electron chi connectivity index (χ0n) is 11.1. The summed E-state index contributed by atoms with van der Waals surface area (Å²) in [7, 11) is 1.46. The van der Waals surface area contributed by atoms with Gasteiger partial charge in [0.05, 0.1) is 12.7 Å². The predicted molar refractivity (Wildman–Crippen MR) is 76.0 cm³/mol. The number of rotatable bonds is 5. The van der Waals surface area contributed by atoms with E-state index in [1.54, 1.807) is 48.5 Å². The van der Waals surface area contributed by atoms with Crippen LogP contribution in [0.5, 0.6) is 5.75 Å². The molecule has 0 fully saturated rings. The van der Waals surface area contributed by atoms with Crippen molar-refractivity contribution in [2.75, 3.05) is 7.11 Å². The first kappa shape index (κ1) is 14.0. The maximum Gasteiger partial charge on any atom is 0.237 e. The average Bonchev–Trinajstić information content (AvgIpc) is 2.53. The number of benzene rings is 2. The van der Waals surface area contributed by atoms with Gasteiger partial charge >= 0.3 is 0 Å². The van der Waals surface area contributed by atoms with Crippen LogP contribution >= 0.6 is 0 Å². The van der Waals surface area contributed by atoms with Crippen molar-refractivity contribution in [1.82, 2.24) is 0 Å². The van der Waals surface area contributed by atoms with Crippen molar-refractivity contribution >= 4 is 11.6 Å². The summed E-state index contributed by atoms with van der Waals surface area (Å²) in [6, 6.07) is 13.5. The van der Waals surface area contributed by atoms with Gasteiger partial charge in [-0.15, -0.1) is 0 Å². The van der Waals surface area contributed by atoms with E-state index < -0.39 is 11.6 Å². The molecular weight excluding hydrogens is 254 g/mol. The lowest BCUT2D eigenvalue weighted by Gasteiger charge is -2.08.